The summed E-state index contributed by atoms with van der Waals surface area (Å²) in [6, 6.07) is 2.39. The summed E-state index contributed by atoms with van der Waals surface area (Å²) in [5, 5.41) is 9.17. The van der Waals surface area contributed by atoms with Gasteiger partial charge in [0.05, 0.1) is 25.4 Å². The molecule has 0 amide bonds. The normalized spacial score (nSPS) is 30.8. The highest BCUT2D eigenvalue weighted by atomic mass is 16.8. The van der Waals surface area contributed by atoms with Crippen LogP contribution in [0, 0.1) is 17.2 Å². The fourth-order valence-corrected chi connectivity index (χ4v) is 4.16. The minimum Gasteiger partial charge on any atom is -0.463 e. The molecule has 10 nitrogen and oxygen atoms in total. The lowest BCUT2D eigenvalue weighted by atomic mass is 9.86. The zero-order valence-electron chi connectivity index (χ0n) is 16.4. The standard InChI is InChI=1S/C19H24N6O4/c1-19(2)28-13-11(6-7-20)27-17(14(13)29-19)25-9-22-12-15(21)23-18(24-16(12)25)26-8-10-4-3-5-10/h9-11,13-14,17H,3-6,8H2,1-2H3,(H2,21,23,24)/t11-,13-,14-,17-/m1/s1. The van der Waals surface area contributed by atoms with E-state index in [1.807, 2.05) is 13.8 Å². The smallest absolute Gasteiger partial charge is 0.320 e. The van der Waals surface area contributed by atoms with Crippen molar-refractivity contribution >= 4 is 17.0 Å². The Kier molecular flexibility index (Phi) is 4.34. The van der Waals surface area contributed by atoms with Crippen molar-refractivity contribution in [1.82, 2.24) is 19.5 Å². The van der Waals surface area contributed by atoms with Gasteiger partial charge in [0.2, 0.25) is 0 Å². The molecular formula is C19H24N6O4. The largest absolute Gasteiger partial charge is 0.463 e. The van der Waals surface area contributed by atoms with Crippen LogP contribution in [-0.2, 0) is 14.2 Å². The summed E-state index contributed by atoms with van der Waals surface area (Å²) in [5.41, 5.74) is 7.09. The van der Waals surface area contributed by atoms with Crippen LogP contribution in [-0.4, -0.2) is 50.2 Å². The van der Waals surface area contributed by atoms with Crippen molar-refractivity contribution in [2.24, 2.45) is 5.92 Å². The quantitative estimate of drug-likeness (QED) is 0.799. The second kappa shape index (κ2) is 6.79. The van der Waals surface area contributed by atoms with E-state index in [1.165, 1.54) is 19.3 Å². The summed E-state index contributed by atoms with van der Waals surface area (Å²) in [6.07, 6.45) is 3.71. The van der Waals surface area contributed by atoms with Crippen LogP contribution >= 0.6 is 0 Å². The molecule has 4 heterocycles. The molecule has 0 bridgehead atoms. The van der Waals surface area contributed by atoms with E-state index >= 15 is 0 Å². The molecular weight excluding hydrogens is 376 g/mol. The van der Waals surface area contributed by atoms with E-state index in [-0.39, 0.29) is 24.4 Å². The van der Waals surface area contributed by atoms with Crippen LogP contribution in [0.25, 0.3) is 11.2 Å². The number of hydrogen-bond acceptors (Lipinski definition) is 9. The SMILES string of the molecule is CC1(C)O[C@@H]2[C@H](O1)[C@@H](CC#N)O[C@H]2n1cnc2c(N)nc(OCC3CCC3)nc21. The topological polar surface area (TPSA) is 130 Å². The Bertz CT molecular complexity index is 965. The van der Waals surface area contributed by atoms with Crippen LogP contribution in [0.1, 0.15) is 45.8 Å². The van der Waals surface area contributed by atoms with Gasteiger partial charge in [0.15, 0.2) is 29.0 Å². The predicted molar refractivity (Wildman–Crippen MR) is 101 cm³/mol. The fourth-order valence-electron chi connectivity index (χ4n) is 4.16. The van der Waals surface area contributed by atoms with Gasteiger partial charge in [-0.05, 0) is 32.6 Å². The van der Waals surface area contributed by atoms with Crippen molar-refractivity contribution in [2.45, 2.75) is 69.9 Å². The van der Waals surface area contributed by atoms with E-state index in [1.54, 1.807) is 10.9 Å². The van der Waals surface area contributed by atoms with Gasteiger partial charge < -0.3 is 24.7 Å². The van der Waals surface area contributed by atoms with E-state index in [0.717, 1.165) is 0 Å². The molecule has 1 saturated carbocycles. The summed E-state index contributed by atoms with van der Waals surface area (Å²) in [6.45, 7) is 4.29. The number of aromatic nitrogens is 4. The van der Waals surface area contributed by atoms with Crippen LogP contribution in [0.3, 0.4) is 0 Å². The minimum atomic E-state index is -0.757. The molecule has 2 aromatic rings. The third-order valence-electron chi connectivity index (χ3n) is 5.79. The molecule has 2 saturated heterocycles. The molecule has 0 spiro atoms. The monoisotopic (exact) mass is 400 g/mol. The second-order valence-corrected chi connectivity index (χ2v) is 8.32. The van der Waals surface area contributed by atoms with Crippen molar-refractivity contribution in [3.8, 4) is 12.1 Å². The first-order valence-electron chi connectivity index (χ1n) is 9.96. The van der Waals surface area contributed by atoms with E-state index in [2.05, 4.69) is 21.0 Å². The van der Waals surface area contributed by atoms with E-state index < -0.39 is 24.2 Å². The Hall–Kier alpha value is -2.48. The Morgan fingerprint density at radius 3 is 2.83 bits per heavy atom. The molecule has 3 aliphatic rings. The lowest BCUT2D eigenvalue weighted by molar-refractivity contribution is -0.195. The van der Waals surface area contributed by atoms with Crippen molar-refractivity contribution in [3.63, 3.8) is 0 Å². The minimum absolute atomic E-state index is 0.205. The molecule has 0 aromatic carbocycles. The fraction of sp³-hybridized carbons (Fsp3) is 0.684. The Balaban J connectivity index is 1.47. The number of imidazole rings is 1. The average molecular weight is 400 g/mol. The number of nitriles is 1. The molecule has 0 unspecified atom stereocenters. The number of fused-ring (bicyclic) bond motifs is 2. The molecule has 154 valence electrons. The summed E-state index contributed by atoms with van der Waals surface area (Å²) in [5.74, 6) is 0.0498. The van der Waals surface area contributed by atoms with Crippen LogP contribution in [0.4, 0.5) is 5.82 Å². The van der Waals surface area contributed by atoms with Gasteiger partial charge in [0.25, 0.3) is 0 Å². The molecule has 2 aliphatic heterocycles. The average Bonchev–Trinajstić information content (AvgIpc) is 3.26. The van der Waals surface area contributed by atoms with Crippen LogP contribution in [0.15, 0.2) is 6.33 Å². The van der Waals surface area contributed by atoms with Gasteiger partial charge in [-0.1, -0.05) is 6.42 Å². The maximum absolute atomic E-state index is 9.17. The summed E-state index contributed by atoms with van der Waals surface area (Å²) in [7, 11) is 0. The van der Waals surface area contributed by atoms with E-state index in [0.29, 0.717) is 23.7 Å². The van der Waals surface area contributed by atoms with Crippen molar-refractivity contribution in [1.29, 1.82) is 5.26 Å². The molecule has 1 aliphatic carbocycles. The summed E-state index contributed by atoms with van der Waals surface area (Å²) in [4.78, 5) is 13.1. The van der Waals surface area contributed by atoms with Gasteiger partial charge in [0.1, 0.15) is 18.3 Å². The van der Waals surface area contributed by atoms with Crippen molar-refractivity contribution in [2.75, 3.05) is 12.3 Å². The lowest BCUT2D eigenvalue weighted by Crippen LogP contribution is -2.29. The first kappa shape index (κ1) is 18.5. The number of nitrogens with zero attached hydrogens (tertiary/aromatic N) is 5. The first-order chi connectivity index (χ1) is 13.9. The lowest BCUT2D eigenvalue weighted by Gasteiger charge is -2.25. The Morgan fingerprint density at radius 2 is 2.10 bits per heavy atom. The maximum atomic E-state index is 9.17. The molecule has 2 aromatic heterocycles. The van der Waals surface area contributed by atoms with Gasteiger partial charge in [0, 0.05) is 0 Å². The van der Waals surface area contributed by atoms with Gasteiger partial charge in [-0.15, -0.1) is 0 Å². The summed E-state index contributed by atoms with van der Waals surface area (Å²) >= 11 is 0. The second-order valence-electron chi connectivity index (χ2n) is 8.32. The third kappa shape index (κ3) is 3.19. The maximum Gasteiger partial charge on any atom is 0.320 e. The van der Waals surface area contributed by atoms with Crippen molar-refractivity contribution in [3.05, 3.63) is 6.33 Å². The van der Waals surface area contributed by atoms with Gasteiger partial charge in [-0.25, -0.2) is 4.98 Å². The first-order valence-corrected chi connectivity index (χ1v) is 9.96. The number of nitrogens with two attached hydrogens (primary N) is 1. The zero-order valence-corrected chi connectivity index (χ0v) is 16.4. The molecule has 2 N–H and O–H groups in total. The highest BCUT2D eigenvalue weighted by molar-refractivity contribution is 5.82. The number of ether oxygens (including phenoxy) is 4. The third-order valence-corrected chi connectivity index (χ3v) is 5.79. The van der Waals surface area contributed by atoms with Crippen LogP contribution in [0.2, 0.25) is 0 Å². The van der Waals surface area contributed by atoms with E-state index in [9.17, 15) is 0 Å². The number of anilines is 1. The number of hydrogen-bond donors (Lipinski definition) is 1. The molecule has 10 heteroatoms. The van der Waals surface area contributed by atoms with Gasteiger partial charge in [-0.3, -0.25) is 4.57 Å². The zero-order chi connectivity index (χ0) is 20.2. The van der Waals surface area contributed by atoms with Crippen molar-refractivity contribution < 1.29 is 18.9 Å². The van der Waals surface area contributed by atoms with Gasteiger partial charge in [-0.2, -0.15) is 15.2 Å². The molecule has 5 rings (SSSR count). The highest BCUT2D eigenvalue weighted by Crippen LogP contribution is 2.44. The highest BCUT2D eigenvalue weighted by Gasteiger charge is 2.56. The Labute approximate surface area is 167 Å². The molecule has 4 atom stereocenters. The molecule has 3 fully saturated rings. The van der Waals surface area contributed by atoms with Gasteiger partial charge >= 0.3 is 6.01 Å². The molecule has 0 radical (unpaired) electrons. The van der Waals surface area contributed by atoms with Crippen LogP contribution < -0.4 is 10.5 Å². The number of rotatable bonds is 5. The van der Waals surface area contributed by atoms with Crippen LogP contribution in [0.5, 0.6) is 6.01 Å². The predicted octanol–water partition coefficient (Wildman–Crippen LogP) is 1.92. The summed E-state index contributed by atoms with van der Waals surface area (Å²) < 4.78 is 25.8. The number of nitrogen functional groups attached to an aromatic ring is 1. The Morgan fingerprint density at radius 1 is 1.31 bits per heavy atom. The van der Waals surface area contributed by atoms with E-state index in [4.69, 9.17) is 29.9 Å². The molecule has 29 heavy (non-hydrogen) atoms.